The lowest BCUT2D eigenvalue weighted by atomic mass is 10.1. The third-order valence-corrected chi connectivity index (χ3v) is 3.70. The fourth-order valence-corrected chi connectivity index (χ4v) is 2.25. The number of hydrogen-bond donors (Lipinski definition) is 2. The van der Waals surface area contributed by atoms with Crippen LogP contribution in [0.15, 0.2) is 42.5 Å². The van der Waals surface area contributed by atoms with Crippen molar-refractivity contribution in [2.75, 3.05) is 32.5 Å². The smallest absolute Gasteiger partial charge is 0.255 e. The van der Waals surface area contributed by atoms with Gasteiger partial charge >= 0.3 is 0 Å². The summed E-state index contributed by atoms with van der Waals surface area (Å²) in [6.45, 7) is 1.23. The maximum absolute atomic E-state index is 13.2. The molecular weight excluding hydrogens is 345 g/mol. The SMILES string of the molecule is CN(C)CCNC(=O)c1cccc(C(=O)Nc2ccc(F)c(Cl)c2)c1. The Bertz CT molecular complexity index is 781. The second kappa shape index (κ2) is 8.60. The number of carbonyl (C=O) groups excluding carboxylic acids is 2. The number of likely N-dealkylation sites (N-methyl/N-ethyl adjacent to an activating group) is 1. The highest BCUT2D eigenvalue weighted by Crippen LogP contribution is 2.20. The van der Waals surface area contributed by atoms with Gasteiger partial charge in [0, 0.05) is 29.9 Å². The molecule has 0 saturated heterocycles. The number of hydrogen-bond acceptors (Lipinski definition) is 3. The molecule has 2 rings (SSSR count). The maximum Gasteiger partial charge on any atom is 0.255 e. The van der Waals surface area contributed by atoms with Crippen molar-refractivity contribution in [1.82, 2.24) is 10.2 Å². The van der Waals surface area contributed by atoms with Crippen molar-refractivity contribution in [3.8, 4) is 0 Å². The third kappa shape index (κ3) is 5.55. The number of benzene rings is 2. The summed E-state index contributed by atoms with van der Waals surface area (Å²) >= 11 is 5.70. The number of anilines is 1. The van der Waals surface area contributed by atoms with Gasteiger partial charge in [-0.3, -0.25) is 9.59 Å². The van der Waals surface area contributed by atoms with E-state index in [1.54, 1.807) is 18.2 Å². The molecule has 132 valence electrons. The molecule has 0 aliphatic rings. The Labute approximate surface area is 150 Å². The summed E-state index contributed by atoms with van der Waals surface area (Å²) in [5.41, 5.74) is 1.08. The molecule has 0 bridgehead atoms. The van der Waals surface area contributed by atoms with Crippen LogP contribution < -0.4 is 10.6 Å². The van der Waals surface area contributed by atoms with Crippen LogP contribution in [0.25, 0.3) is 0 Å². The van der Waals surface area contributed by atoms with Gasteiger partial charge in [0.2, 0.25) is 0 Å². The fraction of sp³-hybridized carbons (Fsp3) is 0.222. The molecule has 0 heterocycles. The Hall–Kier alpha value is -2.44. The van der Waals surface area contributed by atoms with Crippen molar-refractivity contribution in [3.63, 3.8) is 0 Å². The molecule has 0 fully saturated rings. The van der Waals surface area contributed by atoms with Crippen LogP contribution in [-0.2, 0) is 0 Å². The largest absolute Gasteiger partial charge is 0.351 e. The Morgan fingerprint density at radius 1 is 1.08 bits per heavy atom. The van der Waals surface area contributed by atoms with Gasteiger partial charge in [0.05, 0.1) is 5.02 Å². The summed E-state index contributed by atoms with van der Waals surface area (Å²) in [5.74, 6) is -1.22. The molecule has 0 aliphatic carbocycles. The highest BCUT2D eigenvalue weighted by atomic mass is 35.5. The summed E-state index contributed by atoms with van der Waals surface area (Å²) in [6, 6.07) is 10.3. The van der Waals surface area contributed by atoms with Crippen molar-refractivity contribution in [1.29, 1.82) is 0 Å². The molecule has 0 radical (unpaired) electrons. The molecule has 0 aliphatic heterocycles. The lowest BCUT2D eigenvalue weighted by Crippen LogP contribution is -2.31. The number of halogens is 2. The van der Waals surface area contributed by atoms with Crippen LogP contribution >= 0.6 is 11.6 Å². The number of rotatable bonds is 6. The van der Waals surface area contributed by atoms with Crippen molar-refractivity contribution in [3.05, 3.63) is 64.4 Å². The van der Waals surface area contributed by atoms with Gasteiger partial charge in [0.25, 0.3) is 11.8 Å². The highest BCUT2D eigenvalue weighted by molar-refractivity contribution is 6.31. The average molecular weight is 364 g/mol. The van der Waals surface area contributed by atoms with Gasteiger partial charge < -0.3 is 15.5 Å². The monoisotopic (exact) mass is 363 g/mol. The molecule has 0 aromatic heterocycles. The Kier molecular flexibility index (Phi) is 6.50. The molecule has 2 aromatic rings. The van der Waals surface area contributed by atoms with Crippen molar-refractivity contribution < 1.29 is 14.0 Å². The van der Waals surface area contributed by atoms with Crippen molar-refractivity contribution >= 4 is 29.1 Å². The minimum atomic E-state index is -0.559. The van der Waals surface area contributed by atoms with Crippen LogP contribution in [0.1, 0.15) is 20.7 Å². The Morgan fingerprint density at radius 3 is 2.40 bits per heavy atom. The predicted octanol–water partition coefficient (Wildman–Crippen LogP) is 3.02. The molecule has 2 amide bonds. The van der Waals surface area contributed by atoms with E-state index in [2.05, 4.69) is 10.6 Å². The first-order valence-corrected chi connectivity index (χ1v) is 8.04. The van der Waals surface area contributed by atoms with Crippen LogP contribution in [0, 0.1) is 5.82 Å². The number of nitrogens with one attached hydrogen (secondary N) is 2. The van der Waals surface area contributed by atoms with E-state index in [1.165, 1.54) is 24.3 Å². The van der Waals surface area contributed by atoms with Gasteiger partial charge in [-0.2, -0.15) is 0 Å². The number of carbonyl (C=O) groups is 2. The molecule has 0 atom stereocenters. The maximum atomic E-state index is 13.2. The van der Waals surface area contributed by atoms with Crippen LogP contribution in [0.3, 0.4) is 0 Å². The zero-order valence-electron chi connectivity index (χ0n) is 14.0. The molecule has 2 N–H and O–H groups in total. The van der Waals surface area contributed by atoms with E-state index in [4.69, 9.17) is 11.6 Å². The first-order chi connectivity index (χ1) is 11.9. The second-order valence-electron chi connectivity index (χ2n) is 5.72. The second-order valence-corrected chi connectivity index (χ2v) is 6.13. The van der Waals surface area contributed by atoms with Crippen LogP contribution in [0.2, 0.25) is 5.02 Å². The quantitative estimate of drug-likeness (QED) is 0.829. The van der Waals surface area contributed by atoms with Crippen molar-refractivity contribution in [2.45, 2.75) is 0 Å². The summed E-state index contributed by atoms with van der Waals surface area (Å²) in [5, 5.41) is 5.33. The average Bonchev–Trinajstić information content (AvgIpc) is 2.58. The lowest BCUT2D eigenvalue weighted by molar-refractivity contribution is 0.0951. The van der Waals surface area contributed by atoms with Gasteiger partial charge in [-0.25, -0.2) is 4.39 Å². The first kappa shape index (κ1) is 18.9. The minimum absolute atomic E-state index is 0.0770. The van der Waals surface area contributed by atoms with Crippen LogP contribution in [-0.4, -0.2) is 43.9 Å². The number of nitrogens with zero attached hydrogens (tertiary/aromatic N) is 1. The van der Waals surface area contributed by atoms with Crippen molar-refractivity contribution in [2.24, 2.45) is 0 Å². The molecule has 2 aromatic carbocycles. The fourth-order valence-electron chi connectivity index (χ4n) is 2.07. The van der Waals surface area contributed by atoms with Crippen LogP contribution in [0.5, 0.6) is 0 Å². The third-order valence-electron chi connectivity index (χ3n) is 3.41. The summed E-state index contributed by atoms with van der Waals surface area (Å²) in [4.78, 5) is 26.4. The molecule has 25 heavy (non-hydrogen) atoms. The highest BCUT2D eigenvalue weighted by Gasteiger charge is 2.11. The zero-order valence-corrected chi connectivity index (χ0v) is 14.7. The molecule has 0 spiro atoms. The molecule has 5 nitrogen and oxygen atoms in total. The Balaban J connectivity index is 2.05. The van der Waals surface area contributed by atoms with Crippen LogP contribution in [0.4, 0.5) is 10.1 Å². The summed E-state index contributed by atoms with van der Waals surface area (Å²) < 4.78 is 13.2. The van der Waals surface area contributed by atoms with E-state index in [0.717, 1.165) is 6.54 Å². The Morgan fingerprint density at radius 2 is 1.76 bits per heavy atom. The van der Waals surface area contributed by atoms with Gasteiger partial charge in [-0.1, -0.05) is 17.7 Å². The lowest BCUT2D eigenvalue weighted by Gasteiger charge is -2.11. The summed E-state index contributed by atoms with van der Waals surface area (Å²) in [6.07, 6.45) is 0. The zero-order chi connectivity index (χ0) is 18.4. The van der Waals surface area contributed by atoms with E-state index < -0.39 is 11.7 Å². The first-order valence-electron chi connectivity index (χ1n) is 7.66. The molecule has 0 saturated carbocycles. The van der Waals surface area contributed by atoms with Gasteiger partial charge in [0.15, 0.2) is 0 Å². The normalized spacial score (nSPS) is 10.6. The molecule has 7 heteroatoms. The van der Waals surface area contributed by atoms with E-state index in [0.29, 0.717) is 23.4 Å². The molecular formula is C18H19ClFN3O2. The number of amides is 2. The van der Waals surface area contributed by atoms with E-state index in [9.17, 15) is 14.0 Å². The summed E-state index contributed by atoms with van der Waals surface area (Å²) in [7, 11) is 3.83. The standard InChI is InChI=1S/C18H19ClFN3O2/c1-23(2)9-8-21-17(24)12-4-3-5-13(10-12)18(25)22-14-6-7-16(20)15(19)11-14/h3-7,10-11H,8-9H2,1-2H3,(H,21,24)(H,22,25). The topological polar surface area (TPSA) is 61.4 Å². The minimum Gasteiger partial charge on any atom is -0.351 e. The van der Waals surface area contributed by atoms with E-state index in [1.807, 2.05) is 19.0 Å². The van der Waals surface area contributed by atoms with Gasteiger partial charge in [-0.05, 0) is 50.5 Å². The van der Waals surface area contributed by atoms with E-state index in [-0.39, 0.29) is 10.9 Å². The van der Waals surface area contributed by atoms with E-state index >= 15 is 0 Å². The van der Waals surface area contributed by atoms with Gasteiger partial charge in [-0.15, -0.1) is 0 Å². The molecule has 0 unspecified atom stereocenters. The van der Waals surface area contributed by atoms with Gasteiger partial charge in [0.1, 0.15) is 5.82 Å². The predicted molar refractivity (Wildman–Crippen MR) is 96.7 cm³/mol.